The number of aromatic nitrogens is 2. The monoisotopic (exact) mass is 243 g/mol. The van der Waals surface area contributed by atoms with Crippen molar-refractivity contribution in [3.05, 3.63) is 36.3 Å². The van der Waals surface area contributed by atoms with Crippen molar-refractivity contribution in [3.8, 4) is 22.8 Å². The maximum atomic E-state index is 5.51. The molecule has 92 valence electrons. The molecule has 0 bridgehead atoms. The van der Waals surface area contributed by atoms with E-state index in [0.29, 0.717) is 13.0 Å². The second kappa shape index (κ2) is 4.62. The Kier molecular flexibility index (Phi) is 2.82. The van der Waals surface area contributed by atoms with E-state index in [-0.39, 0.29) is 6.79 Å². The highest BCUT2D eigenvalue weighted by atomic mass is 16.7. The van der Waals surface area contributed by atoms with Gasteiger partial charge < -0.3 is 15.2 Å². The highest BCUT2D eigenvalue weighted by Gasteiger charge is 2.14. The van der Waals surface area contributed by atoms with Gasteiger partial charge in [0.2, 0.25) is 6.79 Å². The van der Waals surface area contributed by atoms with Crippen molar-refractivity contribution in [2.45, 2.75) is 6.42 Å². The Bertz CT molecular complexity index is 572. The first kappa shape index (κ1) is 11.0. The van der Waals surface area contributed by atoms with Crippen molar-refractivity contribution in [2.75, 3.05) is 13.3 Å². The van der Waals surface area contributed by atoms with Crippen LogP contribution in [-0.2, 0) is 6.42 Å². The van der Waals surface area contributed by atoms with Gasteiger partial charge in [-0.2, -0.15) is 0 Å². The van der Waals surface area contributed by atoms with Crippen LogP contribution in [0.25, 0.3) is 11.3 Å². The number of ether oxygens (including phenoxy) is 2. The lowest BCUT2D eigenvalue weighted by Gasteiger charge is -2.04. The van der Waals surface area contributed by atoms with Crippen LogP contribution in [0.15, 0.2) is 30.5 Å². The smallest absolute Gasteiger partial charge is 0.231 e. The van der Waals surface area contributed by atoms with Gasteiger partial charge in [0, 0.05) is 18.2 Å². The molecule has 0 atom stereocenters. The fourth-order valence-corrected chi connectivity index (χ4v) is 1.87. The molecular formula is C13H13N3O2. The number of hydrogen-bond donors (Lipinski definition) is 1. The third kappa shape index (κ3) is 2.00. The van der Waals surface area contributed by atoms with E-state index in [1.165, 1.54) is 0 Å². The Morgan fingerprint density at radius 3 is 2.94 bits per heavy atom. The summed E-state index contributed by atoms with van der Waals surface area (Å²) >= 11 is 0. The fourth-order valence-electron chi connectivity index (χ4n) is 1.87. The van der Waals surface area contributed by atoms with Gasteiger partial charge in [-0.25, -0.2) is 9.97 Å². The number of rotatable bonds is 3. The van der Waals surface area contributed by atoms with Crippen LogP contribution in [0.2, 0.25) is 0 Å². The van der Waals surface area contributed by atoms with Gasteiger partial charge in [0.25, 0.3) is 0 Å². The van der Waals surface area contributed by atoms with Crippen LogP contribution in [0, 0.1) is 0 Å². The second-order valence-electron chi connectivity index (χ2n) is 3.96. The minimum Gasteiger partial charge on any atom is -0.454 e. The third-order valence-corrected chi connectivity index (χ3v) is 2.74. The van der Waals surface area contributed by atoms with Gasteiger partial charge in [0.05, 0.1) is 5.69 Å². The summed E-state index contributed by atoms with van der Waals surface area (Å²) in [5, 5.41) is 0. The van der Waals surface area contributed by atoms with E-state index in [2.05, 4.69) is 9.97 Å². The number of nitrogens with two attached hydrogens (primary N) is 1. The van der Waals surface area contributed by atoms with E-state index in [0.717, 1.165) is 28.6 Å². The number of hydrogen-bond acceptors (Lipinski definition) is 5. The zero-order valence-corrected chi connectivity index (χ0v) is 9.80. The Hall–Kier alpha value is -2.14. The third-order valence-electron chi connectivity index (χ3n) is 2.74. The van der Waals surface area contributed by atoms with Crippen LogP contribution in [-0.4, -0.2) is 23.3 Å². The lowest BCUT2D eigenvalue weighted by molar-refractivity contribution is 0.174. The molecule has 2 aromatic rings. The highest BCUT2D eigenvalue weighted by Crippen LogP contribution is 2.35. The maximum absolute atomic E-state index is 5.51. The van der Waals surface area contributed by atoms with Crippen LogP contribution in [0.4, 0.5) is 0 Å². The van der Waals surface area contributed by atoms with Gasteiger partial charge in [0.1, 0.15) is 5.82 Å². The van der Waals surface area contributed by atoms with E-state index in [1.54, 1.807) is 6.20 Å². The van der Waals surface area contributed by atoms with Crippen molar-refractivity contribution >= 4 is 0 Å². The van der Waals surface area contributed by atoms with Gasteiger partial charge >= 0.3 is 0 Å². The maximum Gasteiger partial charge on any atom is 0.231 e. The molecule has 0 radical (unpaired) electrons. The first-order chi connectivity index (χ1) is 8.86. The van der Waals surface area contributed by atoms with Gasteiger partial charge in [0.15, 0.2) is 11.5 Å². The predicted octanol–water partition coefficient (Wildman–Crippen LogP) is 1.37. The Balaban J connectivity index is 1.96. The number of fused-ring (bicyclic) bond motifs is 1. The van der Waals surface area contributed by atoms with Gasteiger partial charge in [-0.15, -0.1) is 0 Å². The van der Waals surface area contributed by atoms with Crippen LogP contribution in [0.5, 0.6) is 11.5 Å². The summed E-state index contributed by atoms with van der Waals surface area (Å²) in [4.78, 5) is 8.65. The Labute approximate surface area is 105 Å². The summed E-state index contributed by atoms with van der Waals surface area (Å²) in [5.74, 6) is 2.29. The quantitative estimate of drug-likeness (QED) is 0.881. The molecule has 18 heavy (non-hydrogen) atoms. The van der Waals surface area contributed by atoms with Crippen molar-refractivity contribution < 1.29 is 9.47 Å². The SMILES string of the molecule is NCCc1nccc(-c2ccc3c(c2)OCO3)n1. The summed E-state index contributed by atoms with van der Waals surface area (Å²) in [6.07, 6.45) is 2.43. The van der Waals surface area contributed by atoms with E-state index < -0.39 is 0 Å². The fraction of sp³-hybridized carbons (Fsp3) is 0.231. The molecule has 0 aliphatic carbocycles. The van der Waals surface area contributed by atoms with Crippen LogP contribution in [0.1, 0.15) is 5.82 Å². The Morgan fingerprint density at radius 1 is 1.17 bits per heavy atom. The summed E-state index contributed by atoms with van der Waals surface area (Å²) in [7, 11) is 0. The van der Waals surface area contributed by atoms with E-state index >= 15 is 0 Å². The molecule has 0 amide bonds. The van der Waals surface area contributed by atoms with Crippen molar-refractivity contribution in [2.24, 2.45) is 5.73 Å². The molecule has 0 saturated heterocycles. The van der Waals surface area contributed by atoms with Gasteiger partial charge in [-0.3, -0.25) is 0 Å². The summed E-state index contributed by atoms with van der Waals surface area (Å²) in [6.45, 7) is 0.825. The molecular weight excluding hydrogens is 230 g/mol. The summed E-state index contributed by atoms with van der Waals surface area (Å²) in [5.41, 5.74) is 7.36. The van der Waals surface area contributed by atoms with Crippen molar-refractivity contribution in [3.63, 3.8) is 0 Å². The molecule has 2 heterocycles. The molecule has 1 aliphatic rings. The minimum absolute atomic E-state index is 0.279. The van der Waals surface area contributed by atoms with Crippen molar-refractivity contribution in [1.82, 2.24) is 9.97 Å². The zero-order valence-electron chi connectivity index (χ0n) is 9.80. The van der Waals surface area contributed by atoms with Crippen LogP contribution < -0.4 is 15.2 Å². The van der Waals surface area contributed by atoms with E-state index in [9.17, 15) is 0 Å². The topological polar surface area (TPSA) is 70.3 Å². The molecule has 0 saturated carbocycles. The van der Waals surface area contributed by atoms with Crippen molar-refractivity contribution in [1.29, 1.82) is 0 Å². The lowest BCUT2D eigenvalue weighted by atomic mass is 10.1. The van der Waals surface area contributed by atoms with Crippen LogP contribution in [0.3, 0.4) is 0 Å². The van der Waals surface area contributed by atoms with E-state index in [4.69, 9.17) is 15.2 Å². The summed E-state index contributed by atoms with van der Waals surface area (Å²) < 4.78 is 10.6. The molecule has 1 aromatic carbocycles. The molecule has 2 N–H and O–H groups in total. The molecule has 1 aliphatic heterocycles. The molecule has 0 spiro atoms. The second-order valence-corrected chi connectivity index (χ2v) is 3.96. The molecule has 0 unspecified atom stereocenters. The highest BCUT2D eigenvalue weighted by molar-refractivity contribution is 5.64. The number of benzene rings is 1. The molecule has 3 rings (SSSR count). The lowest BCUT2D eigenvalue weighted by Crippen LogP contribution is -2.06. The molecule has 5 heteroatoms. The number of nitrogens with zero attached hydrogens (tertiary/aromatic N) is 2. The Morgan fingerprint density at radius 2 is 2.06 bits per heavy atom. The van der Waals surface area contributed by atoms with Gasteiger partial charge in [-0.05, 0) is 30.8 Å². The van der Waals surface area contributed by atoms with E-state index in [1.807, 2.05) is 24.3 Å². The van der Waals surface area contributed by atoms with Crippen LogP contribution >= 0.6 is 0 Å². The van der Waals surface area contributed by atoms with Gasteiger partial charge in [-0.1, -0.05) is 0 Å². The average molecular weight is 243 g/mol. The largest absolute Gasteiger partial charge is 0.454 e. The predicted molar refractivity (Wildman–Crippen MR) is 66.3 cm³/mol. The minimum atomic E-state index is 0.279. The average Bonchev–Trinajstić information content (AvgIpc) is 2.86. The molecule has 0 fully saturated rings. The first-order valence-corrected chi connectivity index (χ1v) is 5.79. The molecule has 5 nitrogen and oxygen atoms in total. The summed E-state index contributed by atoms with van der Waals surface area (Å²) in [6, 6.07) is 7.65. The normalized spacial score (nSPS) is 12.7. The molecule has 1 aromatic heterocycles. The first-order valence-electron chi connectivity index (χ1n) is 5.79. The standard InChI is InChI=1S/C13H13N3O2/c14-5-3-13-15-6-4-10(16-13)9-1-2-11-12(7-9)18-8-17-11/h1-2,4,6-7H,3,5,8,14H2. The zero-order chi connectivity index (χ0) is 12.4.